The molecule has 0 N–H and O–H groups in total. The third kappa shape index (κ3) is 6.56. The van der Waals surface area contributed by atoms with Gasteiger partial charge in [0.15, 0.2) is 12.4 Å². The van der Waals surface area contributed by atoms with E-state index >= 15 is 0 Å². The molecular formula is C48H62N3O+. The fraction of sp³-hybridized carbons (Fsp3) is 0.479. The van der Waals surface area contributed by atoms with Crippen LogP contribution in [0.15, 0.2) is 108 Å². The first-order valence-corrected chi connectivity index (χ1v) is 20.1. The zero-order valence-corrected chi connectivity index (χ0v) is 33.4. The van der Waals surface area contributed by atoms with E-state index < -0.39 is 0 Å². The van der Waals surface area contributed by atoms with Crippen molar-refractivity contribution in [1.29, 1.82) is 0 Å². The Hall–Kier alpha value is -4.05. The number of fused-ring (bicyclic) bond motifs is 2. The van der Waals surface area contributed by atoms with Crippen molar-refractivity contribution in [2.24, 2.45) is 13.0 Å². The van der Waals surface area contributed by atoms with E-state index in [4.69, 9.17) is 4.74 Å². The first-order valence-electron chi connectivity index (χ1n) is 20.1. The van der Waals surface area contributed by atoms with Gasteiger partial charge in [0, 0.05) is 64.6 Å². The number of pyridine rings is 1. The van der Waals surface area contributed by atoms with Gasteiger partial charge in [-0.05, 0) is 93.9 Å². The monoisotopic (exact) mass is 696 g/mol. The summed E-state index contributed by atoms with van der Waals surface area (Å²) < 4.78 is 9.62. The van der Waals surface area contributed by atoms with Crippen molar-refractivity contribution < 1.29 is 9.30 Å². The normalized spacial score (nSPS) is 23.3. The Kier molecular flexibility index (Phi) is 10.1. The number of likely N-dealkylation sites (N-methyl/N-ethyl adjacent to an activating group) is 2. The predicted molar refractivity (Wildman–Crippen MR) is 218 cm³/mol. The van der Waals surface area contributed by atoms with Crippen molar-refractivity contribution in [3.63, 3.8) is 0 Å². The highest BCUT2D eigenvalue weighted by Crippen LogP contribution is 2.50. The lowest BCUT2D eigenvalue weighted by Gasteiger charge is -2.32. The molecule has 1 saturated carbocycles. The molecule has 7 rings (SSSR count). The van der Waals surface area contributed by atoms with Crippen LogP contribution in [0.2, 0.25) is 0 Å². The fourth-order valence-electron chi connectivity index (χ4n) is 9.72. The summed E-state index contributed by atoms with van der Waals surface area (Å²) in [6, 6.07) is 18.8. The zero-order chi connectivity index (χ0) is 36.8. The van der Waals surface area contributed by atoms with Crippen LogP contribution >= 0.6 is 0 Å². The van der Waals surface area contributed by atoms with E-state index in [0.717, 1.165) is 31.7 Å². The molecule has 0 spiro atoms. The zero-order valence-electron chi connectivity index (χ0n) is 33.4. The summed E-state index contributed by atoms with van der Waals surface area (Å²) in [5.41, 5.74) is 13.5. The highest BCUT2D eigenvalue weighted by atomic mass is 16.5. The third-order valence-electron chi connectivity index (χ3n) is 12.8. The van der Waals surface area contributed by atoms with Gasteiger partial charge in [0.1, 0.15) is 18.9 Å². The molecule has 4 nitrogen and oxygen atoms in total. The Morgan fingerprint density at radius 2 is 1.50 bits per heavy atom. The quantitative estimate of drug-likeness (QED) is 0.208. The van der Waals surface area contributed by atoms with E-state index in [2.05, 4.69) is 162 Å². The molecule has 52 heavy (non-hydrogen) atoms. The Balaban J connectivity index is 1.31. The van der Waals surface area contributed by atoms with Crippen LogP contribution in [-0.2, 0) is 22.6 Å². The van der Waals surface area contributed by atoms with Gasteiger partial charge in [0.2, 0.25) is 0 Å². The van der Waals surface area contributed by atoms with Crippen LogP contribution in [0, 0.1) is 19.8 Å². The van der Waals surface area contributed by atoms with Gasteiger partial charge in [0.05, 0.1) is 6.04 Å². The second kappa shape index (κ2) is 14.4. The number of aryl methyl sites for hydroxylation is 3. The van der Waals surface area contributed by atoms with Gasteiger partial charge >= 0.3 is 0 Å². The number of allylic oxidation sites excluding steroid dienone is 6. The van der Waals surface area contributed by atoms with Gasteiger partial charge in [-0.3, -0.25) is 0 Å². The molecular weight excluding hydrogens is 635 g/mol. The average molecular weight is 697 g/mol. The first-order chi connectivity index (χ1) is 24.9. The topological polar surface area (TPSA) is 19.6 Å². The SMILES string of the molecule is CCN1/C(=C/C=C2\CCC(/C=C/C3N(CC)c4ccc(C)cc4C3(C)C)=C2OC(c2cc[n+](C)cc2)C2CCCCC2)C(C)(C)c2cc(C)ccc21. The van der Waals surface area contributed by atoms with Crippen molar-refractivity contribution >= 4 is 11.4 Å². The van der Waals surface area contributed by atoms with Crippen molar-refractivity contribution in [3.05, 3.63) is 136 Å². The molecule has 4 heteroatoms. The summed E-state index contributed by atoms with van der Waals surface area (Å²) in [4.78, 5) is 5.11. The molecule has 2 aromatic carbocycles. The van der Waals surface area contributed by atoms with E-state index in [9.17, 15) is 0 Å². The van der Waals surface area contributed by atoms with Gasteiger partial charge in [-0.1, -0.05) is 101 Å². The molecule has 3 aromatic rings. The van der Waals surface area contributed by atoms with Gasteiger partial charge in [-0.25, -0.2) is 4.57 Å². The van der Waals surface area contributed by atoms with Crippen molar-refractivity contribution in [2.45, 2.75) is 123 Å². The van der Waals surface area contributed by atoms with Crippen LogP contribution < -0.4 is 14.4 Å². The molecule has 0 amide bonds. The van der Waals surface area contributed by atoms with Crippen molar-refractivity contribution in [3.8, 4) is 0 Å². The number of hydrogen-bond donors (Lipinski definition) is 0. The van der Waals surface area contributed by atoms with Crippen molar-refractivity contribution in [1.82, 2.24) is 0 Å². The number of rotatable bonds is 9. The maximum absolute atomic E-state index is 7.49. The molecule has 0 radical (unpaired) electrons. The first kappa shape index (κ1) is 36.3. The summed E-state index contributed by atoms with van der Waals surface area (Å²) in [5, 5.41) is 0. The highest BCUT2D eigenvalue weighted by Gasteiger charge is 2.43. The van der Waals surface area contributed by atoms with Crippen LogP contribution in [0.3, 0.4) is 0 Å². The molecule has 2 aliphatic heterocycles. The van der Waals surface area contributed by atoms with Gasteiger partial charge in [-0.2, -0.15) is 0 Å². The Morgan fingerprint density at radius 3 is 2.17 bits per heavy atom. The van der Waals surface area contributed by atoms with E-state index in [1.807, 2.05) is 0 Å². The Labute approximate surface area is 314 Å². The average Bonchev–Trinajstić information content (AvgIpc) is 3.69. The fourth-order valence-corrected chi connectivity index (χ4v) is 9.72. The summed E-state index contributed by atoms with van der Waals surface area (Å²) >= 11 is 0. The molecule has 0 bridgehead atoms. The second-order valence-corrected chi connectivity index (χ2v) is 17.1. The lowest BCUT2D eigenvalue weighted by Crippen LogP contribution is -2.39. The van der Waals surface area contributed by atoms with E-state index in [-0.39, 0.29) is 23.0 Å². The number of benzene rings is 2. The van der Waals surface area contributed by atoms with Gasteiger partial charge < -0.3 is 14.5 Å². The second-order valence-electron chi connectivity index (χ2n) is 17.1. The minimum Gasteiger partial charge on any atom is -0.485 e. The van der Waals surface area contributed by atoms with Crippen LogP contribution in [0.5, 0.6) is 0 Å². The molecule has 0 saturated heterocycles. The maximum Gasteiger partial charge on any atom is 0.168 e. The number of ether oxygens (including phenoxy) is 1. The number of hydrogen-bond acceptors (Lipinski definition) is 3. The van der Waals surface area contributed by atoms with E-state index in [1.165, 1.54) is 88.1 Å². The summed E-state index contributed by atoms with van der Waals surface area (Å²) in [5.74, 6) is 1.62. The van der Waals surface area contributed by atoms with Gasteiger partial charge in [-0.15, -0.1) is 0 Å². The van der Waals surface area contributed by atoms with Crippen LogP contribution in [-0.4, -0.2) is 19.1 Å². The summed E-state index contributed by atoms with van der Waals surface area (Å²) in [6.07, 6.45) is 22.5. The maximum atomic E-state index is 7.49. The standard InChI is InChI=1S/C48H62N3O/c1-10-50-41-23-17-33(3)31-39(41)47(5,6)43(50)25-21-36-19-20-37(22-26-44-48(7,8)40-32-34(4)18-24-42(40)51(44)11-2)46(36)52-45(35-15-13-12-14-16-35)38-27-29-49(9)30-28-38/h17-18,21-32,35,43,45H,10-16,19-20H2,1-9H3/q+1/b25-21+,37-22+,44-26+. The van der Waals surface area contributed by atoms with E-state index in [0.29, 0.717) is 5.92 Å². The molecule has 4 aliphatic rings. The molecule has 1 aromatic heterocycles. The smallest absolute Gasteiger partial charge is 0.168 e. The van der Waals surface area contributed by atoms with Crippen molar-refractivity contribution in [2.75, 3.05) is 22.9 Å². The van der Waals surface area contributed by atoms with Crippen LogP contribution in [0.4, 0.5) is 11.4 Å². The number of nitrogens with zero attached hydrogens (tertiary/aromatic N) is 3. The summed E-state index contributed by atoms with van der Waals surface area (Å²) in [7, 11) is 2.10. The molecule has 2 atom stereocenters. The number of aromatic nitrogens is 1. The molecule has 2 aliphatic carbocycles. The Bertz CT molecular complexity index is 1920. The third-order valence-corrected chi connectivity index (χ3v) is 12.8. The lowest BCUT2D eigenvalue weighted by molar-refractivity contribution is -0.671. The molecule has 274 valence electrons. The lowest BCUT2D eigenvalue weighted by atomic mass is 9.79. The molecule has 3 heterocycles. The van der Waals surface area contributed by atoms with Crippen LogP contribution in [0.25, 0.3) is 0 Å². The summed E-state index contributed by atoms with van der Waals surface area (Å²) in [6.45, 7) is 20.5. The molecule has 1 fully saturated rings. The van der Waals surface area contributed by atoms with E-state index in [1.54, 1.807) is 0 Å². The Morgan fingerprint density at radius 1 is 0.827 bits per heavy atom. The minimum absolute atomic E-state index is 0.00631. The largest absolute Gasteiger partial charge is 0.485 e. The minimum atomic E-state index is -0.0737. The highest BCUT2D eigenvalue weighted by molar-refractivity contribution is 5.71. The number of anilines is 2. The van der Waals surface area contributed by atoms with Crippen LogP contribution in [0.1, 0.15) is 120 Å². The predicted octanol–water partition coefficient (Wildman–Crippen LogP) is 11.2. The molecule has 2 unspecified atom stereocenters. The van der Waals surface area contributed by atoms with Gasteiger partial charge in [0.25, 0.3) is 0 Å².